The zero-order valence-electron chi connectivity index (χ0n) is 17.1. The third-order valence-corrected chi connectivity index (χ3v) is 6.83. The molecule has 1 saturated heterocycles. The van der Waals surface area contributed by atoms with Gasteiger partial charge in [-0.3, -0.25) is 9.59 Å². The average Bonchev–Trinajstić information content (AvgIpc) is 3.36. The van der Waals surface area contributed by atoms with Crippen molar-refractivity contribution in [3.05, 3.63) is 62.1 Å². The number of aliphatic hydroxyl groups excluding tert-OH is 1. The lowest BCUT2D eigenvalue weighted by Crippen LogP contribution is -2.37. The molecule has 1 saturated carbocycles. The number of amides is 1. The second-order valence-electron chi connectivity index (χ2n) is 7.83. The minimum atomic E-state index is -0.865. The molecule has 0 aromatic heterocycles. The second kappa shape index (κ2) is 8.85. The van der Waals surface area contributed by atoms with Gasteiger partial charge in [0.05, 0.1) is 33.8 Å². The molecule has 2 fully saturated rings. The van der Waals surface area contributed by atoms with Gasteiger partial charge in [0.2, 0.25) is 0 Å². The highest BCUT2D eigenvalue weighted by molar-refractivity contribution is 6.47. The largest absolute Gasteiger partial charge is 0.507 e. The maximum atomic E-state index is 13.1. The number of rotatable bonds is 4. The first-order chi connectivity index (χ1) is 15.2. The van der Waals surface area contributed by atoms with E-state index in [9.17, 15) is 19.8 Å². The van der Waals surface area contributed by atoms with Crippen LogP contribution in [0.25, 0.3) is 5.76 Å². The Morgan fingerprint density at radius 3 is 2.22 bits per heavy atom. The number of ketones is 1. The first-order valence-corrected chi connectivity index (χ1v) is 11.2. The molecule has 2 aromatic carbocycles. The van der Waals surface area contributed by atoms with Crippen LogP contribution in [0.3, 0.4) is 0 Å². The van der Waals surface area contributed by atoms with Gasteiger partial charge in [0.25, 0.3) is 11.7 Å². The van der Waals surface area contributed by atoms with Gasteiger partial charge in [-0.05, 0) is 42.7 Å². The molecule has 32 heavy (non-hydrogen) atoms. The molecule has 1 amide bonds. The Bertz CT molecular complexity index is 1120. The molecule has 6 nitrogen and oxygen atoms in total. The molecule has 1 atom stereocenters. The highest BCUT2D eigenvalue weighted by atomic mass is 35.5. The normalized spacial score (nSPS) is 20.9. The van der Waals surface area contributed by atoms with Crippen molar-refractivity contribution in [2.45, 2.75) is 37.8 Å². The zero-order chi connectivity index (χ0) is 23.2. The number of nitrogens with zero attached hydrogens (tertiary/aromatic N) is 1. The molecule has 1 unspecified atom stereocenters. The van der Waals surface area contributed by atoms with E-state index in [-0.39, 0.29) is 43.7 Å². The number of benzene rings is 2. The van der Waals surface area contributed by atoms with Crippen molar-refractivity contribution < 1.29 is 24.5 Å². The monoisotopic (exact) mass is 495 g/mol. The summed E-state index contributed by atoms with van der Waals surface area (Å²) in [7, 11) is 1.41. The number of hydrogen-bond acceptors (Lipinski definition) is 5. The lowest BCUT2D eigenvalue weighted by Gasteiger charge is -2.31. The highest BCUT2D eigenvalue weighted by Crippen LogP contribution is 2.45. The molecule has 1 aliphatic carbocycles. The molecule has 0 radical (unpaired) electrons. The fourth-order valence-corrected chi connectivity index (χ4v) is 5.31. The average molecular weight is 497 g/mol. The molecule has 1 heterocycles. The molecule has 9 heteroatoms. The SMILES string of the molecule is COc1c(Cl)cc(/C(O)=C2\C(=O)C(=O)N(C3CCCC3)C2c2ccc(O)c(Cl)c2)cc1Cl. The van der Waals surface area contributed by atoms with Gasteiger partial charge >= 0.3 is 0 Å². The van der Waals surface area contributed by atoms with Crippen LogP contribution in [-0.4, -0.2) is 40.0 Å². The number of carbonyl (C=O) groups is 2. The maximum Gasteiger partial charge on any atom is 0.295 e. The van der Waals surface area contributed by atoms with Crippen LogP contribution < -0.4 is 4.74 Å². The topological polar surface area (TPSA) is 87.1 Å². The molecule has 168 valence electrons. The van der Waals surface area contributed by atoms with Crippen LogP contribution >= 0.6 is 34.8 Å². The summed E-state index contributed by atoms with van der Waals surface area (Å²) in [5.41, 5.74) is 0.604. The third kappa shape index (κ3) is 3.81. The summed E-state index contributed by atoms with van der Waals surface area (Å²) in [5.74, 6) is -1.77. The standard InChI is InChI=1S/C23H20Cl3NO5/c1-32-22-15(25)9-12(10-16(22)26)20(29)18-19(11-6-7-17(28)14(24)8-11)27(23(31)21(18)30)13-4-2-3-5-13/h6-10,13,19,28-29H,2-5H2,1H3/b20-18+. The molecular formula is C23H20Cl3NO5. The summed E-state index contributed by atoms with van der Waals surface area (Å²) >= 11 is 18.6. The number of hydrogen-bond donors (Lipinski definition) is 2. The van der Waals surface area contributed by atoms with Crippen LogP contribution in [0.2, 0.25) is 15.1 Å². The number of likely N-dealkylation sites (tertiary alicyclic amines) is 1. The summed E-state index contributed by atoms with van der Waals surface area (Å²) in [4.78, 5) is 27.7. The van der Waals surface area contributed by atoms with Crippen molar-refractivity contribution in [2.24, 2.45) is 0 Å². The second-order valence-corrected chi connectivity index (χ2v) is 9.05. The van der Waals surface area contributed by atoms with Gasteiger partial charge in [-0.25, -0.2) is 0 Å². The van der Waals surface area contributed by atoms with Gasteiger partial charge in [0, 0.05) is 11.6 Å². The van der Waals surface area contributed by atoms with E-state index in [1.807, 2.05) is 0 Å². The predicted octanol–water partition coefficient (Wildman–Crippen LogP) is 5.73. The van der Waals surface area contributed by atoms with Crippen LogP contribution in [0, 0.1) is 0 Å². The Kier molecular flexibility index (Phi) is 6.30. The first-order valence-electron chi connectivity index (χ1n) is 10.1. The summed E-state index contributed by atoms with van der Waals surface area (Å²) in [6, 6.07) is 6.32. The summed E-state index contributed by atoms with van der Waals surface area (Å²) in [6.45, 7) is 0. The van der Waals surface area contributed by atoms with Crippen molar-refractivity contribution in [1.29, 1.82) is 0 Å². The van der Waals surface area contributed by atoms with E-state index in [1.54, 1.807) is 6.07 Å². The van der Waals surface area contributed by atoms with Crippen molar-refractivity contribution in [2.75, 3.05) is 7.11 Å². The van der Waals surface area contributed by atoms with E-state index in [2.05, 4.69) is 0 Å². The van der Waals surface area contributed by atoms with Crippen LogP contribution in [0.5, 0.6) is 11.5 Å². The first kappa shape index (κ1) is 22.8. The van der Waals surface area contributed by atoms with Gasteiger partial charge in [0.15, 0.2) is 5.75 Å². The fourth-order valence-electron chi connectivity index (χ4n) is 4.48. The molecule has 1 aliphatic heterocycles. The van der Waals surface area contributed by atoms with Gasteiger partial charge in [-0.1, -0.05) is 53.7 Å². The summed E-state index contributed by atoms with van der Waals surface area (Å²) < 4.78 is 5.14. The molecule has 2 N–H and O–H groups in total. The molecule has 0 spiro atoms. The Morgan fingerprint density at radius 2 is 1.66 bits per heavy atom. The number of methoxy groups -OCH3 is 1. The number of carbonyl (C=O) groups excluding carboxylic acids is 2. The zero-order valence-corrected chi connectivity index (χ0v) is 19.3. The number of halogens is 3. The Balaban J connectivity index is 1.92. The third-order valence-electron chi connectivity index (χ3n) is 5.96. The minimum Gasteiger partial charge on any atom is -0.507 e. The molecule has 4 rings (SSSR count). The van der Waals surface area contributed by atoms with Crippen molar-refractivity contribution in [1.82, 2.24) is 4.90 Å². The maximum absolute atomic E-state index is 13.1. The van der Waals surface area contributed by atoms with E-state index >= 15 is 0 Å². The Labute approximate surface area is 199 Å². The number of aromatic hydroxyl groups is 1. The van der Waals surface area contributed by atoms with E-state index in [4.69, 9.17) is 39.5 Å². The van der Waals surface area contributed by atoms with Crippen LogP contribution in [-0.2, 0) is 9.59 Å². The molecule has 0 bridgehead atoms. The number of aliphatic hydroxyl groups is 1. The number of ether oxygens (including phenoxy) is 1. The van der Waals surface area contributed by atoms with Gasteiger partial charge in [0.1, 0.15) is 11.5 Å². The fraction of sp³-hybridized carbons (Fsp3) is 0.304. The quantitative estimate of drug-likeness (QED) is 0.321. The van der Waals surface area contributed by atoms with Crippen LogP contribution in [0.1, 0.15) is 42.9 Å². The van der Waals surface area contributed by atoms with Crippen molar-refractivity contribution >= 4 is 52.3 Å². The van der Waals surface area contributed by atoms with Gasteiger partial charge in [-0.2, -0.15) is 0 Å². The van der Waals surface area contributed by atoms with E-state index in [0.29, 0.717) is 5.56 Å². The van der Waals surface area contributed by atoms with E-state index in [0.717, 1.165) is 25.7 Å². The van der Waals surface area contributed by atoms with Gasteiger partial charge < -0.3 is 19.8 Å². The van der Waals surface area contributed by atoms with E-state index < -0.39 is 23.5 Å². The van der Waals surface area contributed by atoms with Gasteiger partial charge in [-0.15, -0.1) is 0 Å². The summed E-state index contributed by atoms with van der Waals surface area (Å²) in [5, 5.41) is 21.4. The molecular weight excluding hydrogens is 477 g/mol. The number of Topliss-reactive ketones (excluding diaryl/α,β-unsaturated/α-hetero) is 1. The lowest BCUT2D eigenvalue weighted by molar-refractivity contribution is -0.141. The molecule has 2 aromatic rings. The smallest absolute Gasteiger partial charge is 0.295 e. The van der Waals surface area contributed by atoms with Crippen molar-refractivity contribution in [3.8, 4) is 11.5 Å². The Hall–Kier alpha value is -2.41. The lowest BCUT2D eigenvalue weighted by atomic mass is 9.94. The number of phenols is 1. The summed E-state index contributed by atoms with van der Waals surface area (Å²) in [6.07, 6.45) is 3.41. The molecule has 2 aliphatic rings. The van der Waals surface area contributed by atoms with Crippen LogP contribution in [0.4, 0.5) is 0 Å². The minimum absolute atomic E-state index is 0.0787. The highest BCUT2D eigenvalue weighted by Gasteiger charge is 2.49. The van der Waals surface area contributed by atoms with Crippen LogP contribution in [0.15, 0.2) is 35.9 Å². The Morgan fingerprint density at radius 1 is 1.03 bits per heavy atom. The predicted molar refractivity (Wildman–Crippen MR) is 123 cm³/mol. The van der Waals surface area contributed by atoms with E-state index in [1.165, 1.54) is 36.3 Å². The number of phenolic OH excluding ortho intramolecular Hbond substituents is 1. The van der Waals surface area contributed by atoms with Crippen molar-refractivity contribution in [3.63, 3.8) is 0 Å².